The maximum atomic E-state index is 6.23. The van der Waals surface area contributed by atoms with Crippen molar-refractivity contribution in [2.75, 3.05) is 5.32 Å². The van der Waals surface area contributed by atoms with Gasteiger partial charge < -0.3 is 10.1 Å². The van der Waals surface area contributed by atoms with Gasteiger partial charge in [-0.25, -0.2) is 0 Å². The molecule has 3 heteroatoms. The first-order valence-corrected chi connectivity index (χ1v) is 12.3. The highest BCUT2D eigenvalue weighted by molar-refractivity contribution is 7.80. The summed E-state index contributed by atoms with van der Waals surface area (Å²) in [5, 5.41) is 7.46. The van der Waals surface area contributed by atoms with E-state index in [9.17, 15) is 0 Å². The van der Waals surface area contributed by atoms with Crippen LogP contribution < -0.4 is 26.0 Å². The lowest BCUT2D eigenvalue weighted by Crippen LogP contribution is -2.22. The minimum absolute atomic E-state index is 0.796. The molecule has 5 aromatic rings. The molecule has 5 rings (SSSR count). The first-order valence-electron chi connectivity index (χ1n) is 11.0. The van der Waals surface area contributed by atoms with Gasteiger partial charge in [-0.2, -0.15) is 0 Å². The summed E-state index contributed by atoms with van der Waals surface area (Å²) in [6.45, 7) is 0. The quantitative estimate of drug-likeness (QED) is 0.273. The van der Waals surface area contributed by atoms with E-state index < -0.39 is 7.92 Å². The van der Waals surface area contributed by atoms with E-state index in [1.54, 1.807) is 0 Å². The molecule has 33 heavy (non-hydrogen) atoms. The van der Waals surface area contributed by atoms with Crippen LogP contribution in [0.3, 0.4) is 0 Å². The van der Waals surface area contributed by atoms with Crippen LogP contribution in [0, 0.1) is 0 Å². The van der Waals surface area contributed by atoms with E-state index in [2.05, 4.69) is 90.2 Å². The third kappa shape index (κ3) is 5.14. The van der Waals surface area contributed by atoms with E-state index in [1.165, 1.54) is 15.9 Å². The summed E-state index contributed by atoms with van der Waals surface area (Å²) >= 11 is 0. The minimum atomic E-state index is -0.796. The molecule has 0 radical (unpaired) electrons. The van der Waals surface area contributed by atoms with Gasteiger partial charge in [-0.3, -0.25) is 0 Å². The number of para-hydroxylation sites is 2. The molecule has 0 saturated heterocycles. The van der Waals surface area contributed by atoms with Gasteiger partial charge in [0.15, 0.2) is 0 Å². The molecule has 2 nitrogen and oxygen atoms in total. The average Bonchev–Trinajstić information content (AvgIpc) is 2.88. The third-order valence-corrected chi connectivity index (χ3v) is 7.75. The molecule has 0 unspecified atom stereocenters. The van der Waals surface area contributed by atoms with Gasteiger partial charge in [0.05, 0.1) is 0 Å². The lowest BCUT2D eigenvalue weighted by molar-refractivity contribution is 0.483. The fourth-order valence-electron chi connectivity index (χ4n) is 3.75. The van der Waals surface area contributed by atoms with Crippen LogP contribution in [0.25, 0.3) is 0 Å². The molecule has 0 spiro atoms. The van der Waals surface area contributed by atoms with Gasteiger partial charge in [0.25, 0.3) is 0 Å². The number of hydrogen-bond acceptors (Lipinski definition) is 2. The van der Waals surface area contributed by atoms with Gasteiger partial charge in [-0.05, 0) is 61.0 Å². The Morgan fingerprint density at radius 3 is 1.58 bits per heavy atom. The Balaban J connectivity index is 1.64. The molecular formula is C30H24NOP. The van der Waals surface area contributed by atoms with E-state index >= 15 is 0 Å². The Labute approximate surface area is 196 Å². The topological polar surface area (TPSA) is 21.3 Å². The van der Waals surface area contributed by atoms with Gasteiger partial charge in [0, 0.05) is 16.7 Å². The van der Waals surface area contributed by atoms with Crippen LogP contribution >= 0.6 is 7.92 Å². The number of ether oxygens (including phenoxy) is 1. The maximum absolute atomic E-state index is 6.23. The first kappa shape index (κ1) is 21.0. The predicted octanol–water partition coefficient (Wildman–Crippen LogP) is 6.98. The zero-order valence-electron chi connectivity index (χ0n) is 18.1. The molecule has 0 amide bonds. The molecule has 0 saturated carbocycles. The normalized spacial score (nSPS) is 10.7. The average molecular weight is 446 g/mol. The van der Waals surface area contributed by atoms with Crippen molar-refractivity contribution in [1.82, 2.24) is 0 Å². The molecule has 0 aliphatic heterocycles. The Bertz CT molecular complexity index is 1250. The Morgan fingerprint density at radius 2 is 1.00 bits per heavy atom. The summed E-state index contributed by atoms with van der Waals surface area (Å²) in [7, 11) is -0.796. The molecule has 0 fully saturated rings. The number of nitrogens with one attached hydrogen (secondary N) is 1. The molecule has 0 aromatic heterocycles. The van der Waals surface area contributed by atoms with Crippen LogP contribution in [0.4, 0.5) is 11.4 Å². The smallest absolute Gasteiger partial charge is 0.128 e. The summed E-state index contributed by atoms with van der Waals surface area (Å²) < 4.78 is 6.23. The van der Waals surface area contributed by atoms with Gasteiger partial charge in [0.1, 0.15) is 11.5 Å². The summed E-state index contributed by atoms with van der Waals surface area (Å²) in [4.78, 5) is 0. The number of benzene rings is 5. The summed E-state index contributed by atoms with van der Waals surface area (Å²) in [5.41, 5.74) is 2.15. The molecule has 0 aliphatic carbocycles. The summed E-state index contributed by atoms with van der Waals surface area (Å²) in [6, 6.07) is 48.0. The second-order valence-corrected chi connectivity index (χ2v) is 9.78. The molecule has 0 aliphatic rings. The van der Waals surface area contributed by atoms with Gasteiger partial charge in [-0.15, -0.1) is 0 Å². The Kier molecular flexibility index (Phi) is 6.47. The van der Waals surface area contributed by atoms with E-state index in [0.717, 1.165) is 22.9 Å². The molecule has 1 N–H and O–H groups in total. The highest BCUT2D eigenvalue weighted by atomic mass is 31.1. The number of rotatable bonds is 7. The number of anilines is 2. The van der Waals surface area contributed by atoms with Crippen molar-refractivity contribution < 1.29 is 4.74 Å². The maximum Gasteiger partial charge on any atom is 0.128 e. The van der Waals surface area contributed by atoms with Crippen molar-refractivity contribution in [3.63, 3.8) is 0 Å². The van der Waals surface area contributed by atoms with Gasteiger partial charge in [0.2, 0.25) is 0 Å². The van der Waals surface area contributed by atoms with Crippen LogP contribution in [0.15, 0.2) is 140 Å². The molecule has 0 atom stereocenters. The van der Waals surface area contributed by atoms with Crippen molar-refractivity contribution in [2.24, 2.45) is 0 Å². The second-order valence-electron chi connectivity index (χ2n) is 7.59. The lowest BCUT2D eigenvalue weighted by atomic mass is 10.2. The van der Waals surface area contributed by atoms with Gasteiger partial charge >= 0.3 is 0 Å². The highest BCUT2D eigenvalue weighted by Crippen LogP contribution is 2.38. The van der Waals surface area contributed by atoms with Crippen LogP contribution in [0.5, 0.6) is 11.5 Å². The van der Waals surface area contributed by atoms with Crippen LogP contribution in [0.1, 0.15) is 0 Å². The molecule has 5 aromatic carbocycles. The fraction of sp³-hybridized carbons (Fsp3) is 0. The predicted molar refractivity (Wildman–Crippen MR) is 141 cm³/mol. The highest BCUT2D eigenvalue weighted by Gasteiger charge is 2.21. The first-order chi connectivity index (χ1) is 16.4. The summed E-state index contributed by atoms with van der Waals surface area (Å²) in [6.07, 6.45) is 0. The third-order valence-electron chi connectivity index (χ3n) is 5.27. The second kappa shape index (κ2) is 10.2. The summed E-state index contributed by atoms with van der Waals surface area (Å²) in [5.74, 6) is 1.66. The van der Waals surface area contributed by atoms with E-state index in [0.29, 0.717) is 0 Å². The standard InChI is InChI=1S/C30H24NOP/c1-5-13-24(14-6-1)31-29-22-21-26(32-25-15-7-2-8-16-25)23-30(29)33(27-17-9-3-10-18-27)28-19-11-4-12-20-28/h1-23,31H. The van der Waals surface area contributed by atoms with Gasteiger partial charge in [-0.1, -0.05) is 97.1 Å². The zero-order chi connectivity index (χ0) is 22.3. The lowest BCUT2D eigenvalue weighted by Gasteiger charge is -2.23. The van der Waals surface area contributed by atoms with E-state index in [-0.39, 0.29) is 0 Å². The molecule has 0 bridgehead atoms. The fourth-order valence-corrected chi connectivity index (χ4v) is 6.17. The van der Waals surface area contributed by atoms with Crippen LogP contribution in [-0.4, -0.2) is 0 Å². The van der Waals surface area contributed by atoms with Crippen LogP contribution in [0.2, 0.25) is 0 Å². The zero-order valence-corrected chi connectivity index (χ0v) is 19.0. The van der Waals surface area contributed by atoms with Crippen molar-refractivity contribution in [2.45, 2.75) is 0 Å². The number of hydrogen-bond donors (Lipinski definition) is 1. The monoisotopic (exact) mass is 445 g/mol. The minimum Gasteiger partial charge on any atom is -0.457 e. The van der Waals surface area contributed by atoms with Crippen LogP contribution in [-0.2, 0) is 0 Å². The SMILES string of the molecule is c1ccc(Nc2ccc(Oc3ccccc3)cc2P(c2ccccc2)c2ccccc2)cc1. The van der Waals surface area contributed by atoms with Crippen molar-refractivity contribution in [3.8, 4) is 11.5 Å². The molecule has 160 valence electrons. The Hall–Kier alpha value is -3.87. The Morgan fingerprint density at radius 1 is 0.485 bits per heavy atom. The van der Waals surface area contributed by atoms with E-state index in [4.69, 9.17) is 4.74 Å². The molecular weight excluding hydrogens is 421 g/mol. The largest absolute Gasteiger partial charge is 0.457 e. The van der Waals surface area contributed by atoms with Crippen molar-refractivity contribution in [3.05, 3.63) is 140 Å². The van der Waals surface area contributed by atoms with Crippen molar-refractivity contribution >= 4 is 35.2 Å². The van der Waals surface area contributed by atoms with E-state index in [1.807, 2.05) is 54.6 Å². The van der Waals surface area contributed by atoms with Crippen molar-refractivity contribution in [1.29, 1.82) is 0 Å². The molecule has 0 heterocycles.